The van der Waals surface area contributed by atoms with Crippen LogP contribution in [0.4, 0.5) is 5.69 Å². The molecule has 0 amide bonds. The number of sulfone groups is 1. The molecule has 0 radical (unpaired) electrons. The number of carbonyl (C=O) groups is 1. The number of non-ortho nitro benzene ring substituents is 1. The summed E-state index contributed by atoms with van der Waals surface area (Å²) in [5.41, 5.74) is -0.273. The smallest absolute Gasteiger partial charge is 0.269 e. The topological polar surface area (TPSA) is 117 Å². The normalized spacial score (nSPS) is 13.0. The number of hydrogen-bond donors (Lipinski definition) is 0. The molecule has 0 aliphatic rings. The highest BCUT2D eigenvalue weighted by Crippen LogP contribution is 2.19. The first-order valence-electron chi connectivity index (χ1n) is 4.46. The van der Waals surface area contributed by atoms with Crippen molar-refractivity contribution in [3.63, 3.8) is 0 Å². The Morgan fingerprint density at radius 3 is 2.12 bits per heavy atom. The summed E-state index contributed by atoms with van der Waals surface area (Å²) in [7, 11) is -4.07. The number of aliphatic carboxylic acids is 1. The van der Waals surface area contributed by atoms with Gasteiger partial charge in [0, 0.05) is 12.1 Å². The van der Waals surface area contributed by atoms with Crippen molar-refractivity contribution in [2.45, 2.75) is 17.1 Å². The molecule has 0 aromatic heterocycles. The van der Waals surface area contributed by atoms with Crippen LogP contribution in [0.3, 0.4) is 0 Å². The Bertz CT molecular complexity index is 547. The van der Waals surface area contributed by atoms with Crippen LogP contribution in [0.25, 0.3) is 0 Å². The van der Waals surface area contributed by atoms with Crippen LogP contribution in [0.2, 0.25) is 0 Å². The van der Waals surface area contributed by atoms with Crippen molar-refractivity contribution < 1.29 is 23.2 Å². The lowest BCUT2D eigenvalue weighted by molar-refractivity contribution is -0.384. The van der Waals surface area contributed by atoms with Crippen molar-refractivity contribution in [3.05, 3.63) is 34.4 Å². The van der Waals surface area contributed by atoms with Crippen LogP contribution in [-0.4, -0.2) is 24.6 Å². The van der Waals surface area contributed by atoms with Crippen molar-refractivity contribution in [1.29, 1.82) is 0 Å². The zero-order valence-corrected chi connectivity index (χ0v) is 9.51. The zero-order chi connectivity index (χ0) is 13.2. The van der Waals surface area contributed by atoms with E-state index < -0.39 is 26.0 Å². The summed E-state index contributed by atoms with van der Waals surface area (Å²) in [6.07, 6.45) is 0. The molecular formula is C9H8NO6S-. The number of nitro benzene ring substituents is 1. The van der Waals surface area contributed by atoms with Crippen LogP contribution in [0.5, 0.6) is 0 Å². The second-order valence-corrected chi connectivity index (χ2v) is 5.53. The third-order valence-corrected chi connectivity index (χ3v) is 4.23. The summed E-state index contributed by atoms with van der Waals surface area (Å²) in [5.74, 6) is -1.72. The Hall–Kier alpha value is -1.96. The predicted octanol–water partition coefficient (Wildman–Crippen LogP) is -0.493. The van der Waals surface area contributed by atoms with Gasteiger partial charge in [-0.3, -0.25) is 10.1 Å². The maximum absolute atomic E-state index is 11.7. The summed E-state index contributed by atoms with van der Waals surface area (Å²) in [5, 5.41) is 19.1. The largest absolute Gasteiger partial charge is 0.549 e. The molecule has 92 valence electrons. The summed E-state index contributed by atoms with van der Waals surface area (Å²) >= 11 is 0. The number of hydrogen-bond acceptors (Lipinski definition) is 6. The van der Waals surface area contributed by atoms with Gasteiger partial charge in [-0.2, -0.15) is 0 Å². The fourth-order valence-corrected chi connectivity index (χ4v) is 2.27. The fourth-order valence-electron chi connectivity index (χ4n) is 1.09. The summed E-state index contributed by atoms with van der Waals surface area (Å²) in [6, 6.07) is 3.98. The van der Waals surface area contributed by atoms with Crippen molar-refractivity contribution in [1.82, 2.24) is 0 Å². The maximum Gasteiger partial charge on any atom is 0.269 e. The quantitative estimate of drug-likeness (QED) is 0.531. The lowest BCUT2D eigenvalue weighted by atomic mass is 10.3. The number of nitrogens with zero attached hydrogens (tertiary/aromatic N) is 1. The number of nitro groups is 1. The van der Waals surface area contributed by atoms with Gasteiger partial charge in [-0.05, 0) is 19.1 Å². The minimum atomic E-state index is -4.07. The van der Waals surface area contributed by atoms with Gasteiger partial charge >= 0.3 is 0 Å². The van der Waals surface area contributed by atoms with Gasteiger partial charge in [-0.1, -0.05) is 0 Å². The van der Waals surface area contributed by atoms with Gasteiger partial charge < -0.3 is 9.90 Å². The monoisotopic (exact) mass is 258 g/mol. The van der Waals surface area contributed by atoms with Gasteiger partial charge in [0.05, 0.1) is 15.8 Å². The second kappa shape index (κ2) is 4.50. The first kappa shape index (κ1) is 13.1. The molecule has 0 N–H and O–H groups in total. The van der Waals surface area contributed by atoms with E-state index in [2.05, 4.69) is 0 Å². The lowest BCUT2D eigenvalue weighted by Gasteiger charge is -2.13. The number of rotatable bonds is 4. The van der Waals surface area contributed by atoms with Gasteiger partial charge in [0.15, 0.2) is 9.84 Å². The Labute approximate surface area is 96.8 Å². The molecule has 0 spiro atoms. The number of carbonyl (C=O) groups excluding carboxylic acids is 1. The van der Waals surface area contributed by atoms with E-state index in [1.807, 2.05) is 0 Å². The Balaban J connectivity index is 3.17. The maximum atomic E-state index is 11.7. The van der Waals surface area contributed by atoms with Crippen LogP contribution in [0.15, 0.2) is 29.2 Å². The highest BCUT2D eigenvalue weighted by molar-refractivity contribution is 7.92. The molecule has 0 bridgehead atoms. The molecule has 0 unspecified atom stereocenters. The molecule has 1 aromatic carbocycles. The summed E-state index contributed by atoms with van der Waals surface area (Å²) in [4.78, 5) is 19.9. The van der Waals surface area contributed by atoms with E-state index in [9.17, 15) is 28.4 Å². The molecule has 0 heterocycles. The summed E-state index contributed by atoms with van der Waals surface area (Å²) < 4.78 is 23.3. The molecule has 1 rings (SSSR count). The minimum Gasteiger partial charge on any atom is -0.549 e. The fraction of sp³-hybridized carbons (Fsp3) is 0.222. The van der Waals surface area contributed by atoms with Crippen molar-refractivity contribution in [2.24, 2.45) is 0 Å². The standard InChI is InChI=1S/C9H9NO6S/c1-6(9(11)12)17(15,16)8-4-2-7(3-5-8)10(13)14/h2-6H,1H3,(H,11,12)/p-1/t6-/m0/s1. The molecule has 8 heteroatoms. The number of carboxylic acids is 1. The van der Waals surface area contributed by atoms with Gasteiger partial charge in [-0.15, -0.1) is 0 Å². The van der Waals surface area contributed by atoms with Crippen LogP contribution in [-0.2, 0) is 14.6 Å². The number of benzene rings is 1. The minimum absolute atomic E-state index is 0.273. The molecule has 17 heavy (non-hydrogen) atoms. The van der Waals surface area contributed by atoms with Crippen LogP contribution < -0.4 is 5.11 Å². The number of carboxylic acid groups (broad SMARTS) is 1. The highest BCUT2D eigenvalue weighted by Gasteiger charge is 2.24. The highest BCUT2D eigenvalue weighted by atomic mass is 32.2. The van der Waals surface area contributed by atoms with Crippen molar-refractivity contribution in [2.75, 3.05) is 0 Å². The first-order valence-corrected chi connectivity index (χ1v) is 6.00. The Morgan fingerprint density at radius 1 is 1.29 bits per heavy atom. The van der Waals surface area contributed by atoms with Crippen LogP contribution in [0, 0.1) is 10.1 Å². The predicted molar refractivity (Wildman–Crippen MR) is 54.8 cm³/mol. The molecule has 0 saturated carbocycles. The van der Waals surface area contributed by atoms with E-state index in [-0.39, 0.29) is 10.6 Å². The average molecular weight is 258 g/mol. The second-order valence-electron chi connectivity index (χ2n) is 3.26. The van der Waals surface area contributed by atoms with E-state index in [4.69, 9.17) is 0 Å². The first-order chi connectivity index (χ1) is 7.76. The molecule has 0 aliphatic heterocycles. The molecule has 7 nitrogen and oxygen atoms in total. The van der Waals surface area contributed by atoms with Crippen molar-refractivity contribution >= 4 is 21.5 Å². The molecule has 0 saturated heterocycles. The van der Waals surface area contributed by atoms with E-state index in [0.717, 1.165) is 31.2 Å². The molecule has 0 aliphatic carbocycles. The third-order valence-electron chi connectivity index (χ3n) is 2.17. The van der Waals surface area contributed by atoms with E-state index in [1.54, 1.807) is 0 Å². The molecular weight excluding hydrogens is 250 g/mol. The van der Waals surface area contributed by atoms with Crippen LogP contribution >= 0.6 is 0 Å². The van der Waals surface area contributed by atoms with E-state index in [1.165, 1.54) is 0 Å². The SMILES string of the molecule is C[C@@H](C(=O)[O-])S(=O)(=O)c1ccc([N+](=O)[O-])cc1. The van der Waals surface area contributed by atoms with Gasteiger partial charge in [0.1, 0.15) is 5.25 Å². The average Bonchev–Trinajstić information content (AvgIpc) is 2.27. The molecule has 1 aromatic rings. The van der Waals surface area contributed by atoms with E-state index in [0.29, 0.717) is 0 Å². The van der Waals surface area contributed by atoms with Crippen molar-refractivity contribution in [3.8, 4) is 0 Å². The molecule has 0 fully saturated rings. The van der Waals surface area contributed by atoms with Gasteiger partial charge in [0.25, 0.3) is 5.69 Å². The van der Waals surface area contributed by atoms with Crippen LogP contribution in [0.1, 0.15) is 6.92 Å². The Kier molecular flexibility index (Phi) is 3.47. The lowest BCUT2D eigenvalue weighted by Crippen LogP contribution is -2.38. The third kappa shape index (κ3) is 2.59. The zero-order valence-electron chi connectivity index (χ0n) is 8.69. The Morgan fingerprint density at radius 2 is 1.76 bits per heavy atom. The summed E-state index contributed by atoms with van der Waals surface area (Å²) in [6.45, 7) is 0.978. The molecule has 1 atom stereocenters. The van der Waals surface area contributed by atoms with Gasteiger partial charge in [0.2, 0.25) is 0 Å². The van der Waals surface area contributed by atoms with Gasteiger partial charge in [-0.25, -0.2) is 8.42 Å². The van der Waals surface area contributed by atoms with E-state index >= 15 is 0 Å².